The molecule has 224 valence electrons. The van der Waals surface area contributed by atoms with Crippen molar-refractivity contribution in [2.75, 3.05) is 13.2 Å². The minimum atomic E-state index is -1.14. The molecule has 9 bridgehead atoms. The molecule has 0 saturated heterocycles. The largest absolute Gasteiger partial charge is 0.481 e. The number of aryl methyl sites for hydroxylation is 3. The molecule has 1 unspecified atom stereocenters. The fraction of sp³-hybridized carbons (Fsp3) is 0.394. The number of halogens is 2. The van der Waals surface area contributed by atoms with Crippen LogP contribution in [-0.4, -0.2) is 50.0 Å². The predicted octanol–water partition coefficient (Wildman–Crippen LogP) is 6.72. The van der Waals surface area contributed by atoms with Crippen molar-refractivity contribution in [3.8, 4) is 0 Å². The zero-order chi connectivity index (χ0) is 30.6. The van der Waals surface area contributed by atoms with E-state index in [1.807, 2.05) is 23.7 Å². The number of aromatic nitrogens is 3. The van der Waals surface area contributed by atoms with Gasteiger partial charge in [0.05, 0.1) is 33.1 Å². The van der Waals surface area contributed by atoms with E-state index in [2.05, 4.69) is 29.4 Å². The molecule has 1 atom stereocenters. The highest BCUT2D eigenvalue weighted by atomic mass is 35.5. The van der Waals surface area contributed by atoms with Crippen molar-refractivity contribution in [3.05, 3.63) is 91.0 Å². The van der Waals surface area contributed by atoms with Crippen molar-refractivity contribution in [2.45, 2.75) is 66.2 Å². The van der Waals surface area contributed by atoms with Crippen LogP contribution in [0.25, 0.3) is 11.0 Å². The number of hydrogen-bond acceptors (Lipinski definition) is 5. The first-order valence-electron chi connectivity index (χ1n) is 14.5. The second-order valence-electron chi connectivity index (χ2n) is 12.2. The van der Waals surface area contributed by atoms with E-state index in [-0.39, 0.29) is 11.5 Å². The SMILES string of the molecule is Cc1cc2cc3c1CCN(C3)C(=O)c1c(Cl)cc(cc1Cl)COCCCn1nnc3c(C)c(ccc31)C2C(C)(C)C(=O)O. The average Bonchev–Trinajstić information content (AvgIpc) is 3.36. The summed E-state index contributed by atoms with van der Waals surface area (Å²) in [5, 5.41) is 20.0. The Kier molecular flexibility index (Phi) is 7.73. The Balaban J connectivity index is 1.53. The molecule has 4 aromatic rings. The first kappa shape index (κ1) is 29.6. The van der Waals surface area contributed by atoms with Gasteiger partial charge in [0.15, 0.2) is 0 Å². The Labute approximate surface area is 260 Å². The van der Waals surface area contributed by atoms with Gasteiger partial charge in [0.2, 0.25) is 0 Å². The standard InChI is InChI=1S/C33H34Cl2N4O4/c1-18-12-21-15-22-16-38(10-8-23(18)22)31(40)28-25(34)13-20(14-26(28)35)17-43-11-5-9-39-27-7-6-24(19(2)30(27)36-37-39)29(21)33(3,4)32(41)42/h6-7,12-15,29H,5,8-11,16-17H2,1-4H3,(H,41,42). The van der Waals surface area contributed by atoms with Crippen LogP contribution in [0, 0.1) is 19.3 Å². The van der Waals surface area contributed by atoms with Crippen LogP contribution < -0.4 is 0 Å². The molecule has 0 fully saturated rings. The molecular formula is C33H34Cl2N4O4. The second-order valence-corrected chi connectivity index (χ2v) is 13.0. The Morgan fingerprint density at radius 2 is 1.84 bits per heavy atom. The molecule has 5 aliphatic rings. The van der Waals surface area contributed by atoms with Gasteiger partial charge in [0.25, 0.3) is 5.91 Å². The number of carbonyl (C=O) groups is 2. The Bertz CT molecular complexity index is 1760. The van der Waals surface area contributed by atoms with Gasteiger partial charge in [-0.15, -0.1) is 5.10 Å². The van der Waals surface area contributed by atoms with Crippen LogP contribution >= 0.6 is 23.2 Å². The fourth-order valence-electron chi connectivity index (χ4n) is 6.64. The van der Waals surface area contributed by atoms with Gasteiger partial charge < -0.3 is 14.7 Å². The summed E-state index contributed by atoms with van der Waals surface area (Å²) in [6.07, 6.45) is 1.38. The Hall–Kier alpha value is -3.46. The molecule has 1 amide bonds. The number of aliphatic carboxylic acids is 1. The summed E-state index contributed by atoms with van der Waals surface area (Å²) in [5.41, 5.74) is 7.51. The lowest BCUT2D eigenvalue weighted by Gasteiger charge is -2.35. The van der Waals surface area contributed by atoms with E-state index in [1.165, 1.54) is 5.56 Å². The molecule has 8 nitrogen and oxygen atoms in total. The molecule has 0 spiro atoms. The van der Waals surface area contributed by atoms with Crippen molar-refractivity contribution < 1.29 is 19.4 Å². The summed E-state index contributed by atoms with van der Waals surface area (Å²) in [7, 11) is 0. The van der Waals surface area contributed by atoms with Gasteiger partial charge in [0.1, 0.15) is 5.52 Å². The van der Waals surface area contributed by atoms with Crippen LogP contribution in [-0.2, 0) is 35.6 Å². The molecule has 5 aliphatic heterocycles. The number of amides is 1. The van der Waals surface area contributed by atoms with E-state index in [0.29, 0.717) is 55.7 Å². The minimum absolute atomic E-state index is 0.229. The third-order valence-corrected chi connectivity index (χ3v) is 9.61. The monoisotopic (exact) mass is 620 g/mol. The minimum Gasteiger partial charge on any atom is -0.481 e. The van der Waals surface area contributed by atoms with E-state index in [4.69, 9.17) is 27.9 Å². The maximum atomic E-state index is 13.8. The van der Waals surface area contributed by atoms with Crippen LogP contribution in [0.5, 0.6) is 0 Å². The molecule has 10 heteroatoms. The summed E-state index contributed by atoms with van der Waals surface area (Å²) < 4.78 is 7.77. The summed E-state index contributed by atoms with van der Waals surface area (Å²) in [6, 6.07) is 11.7. The third kappa shape index (κ3) is 5.19. The summed E-state index contributed by atoms with van der Waals surface area (Å²) in [5.74, 6) is -1.60. The molecule has 0 aliphatic carbocycles. The smallest absolute Gasteiger partial charge is 0.310 e. The fourth-order valence-corrected chi connectivity index (χ4v) is 7.33. The van der Waals surface area contributed by atoms with Crippen LogP contribution in [0.15, 0.2) is 36.4 Å². The number of nitrogens with zero attached hydrogens (tertiary/aromatic N) is 4. The number of carboxylic acid groups (broad SMARTS) is 1. The zero-order valence-corrected chi connectivity index (χ0v) is 26.2. The number of benzene rings is 3. The van der Waals surface area contributed by atoms with E-state index in [9.17, 15) is 14.7 Å². The van der Waals surface area contributed by atoms with Gasteiger partial charge in [-0.3, -0.25) is 9.59 Å². The van der Waals surface area contributed by atoms with E-state index in [0.717, 1.165) is 44.4 Å². The molecule has 6 heterocycles. The number of carboxylic acids is 1. The lowest BCUT2D eigenvalue weighted by molar-refractivity contribution is -0.147. The van der Waals surface area contributed by atoms with Crippen molar-refractivity contribution >= 4 is 46.1 Å². The van der Waals surface area contributed by atoms with Crippen LogP contribution in [0.2, 0.25) is 10.0 Å². The molecule has 0 radical (unpaired) electrons. The van der Waals surface area contributed by atoms with Gasteiger partial charge in [-0.1, -0.05) is 46.6 Å². The van der Waals surface area contributed by atoms with Crippen molar-refractivity contribution in [1.82, 2.24) is 19.9 Å². The number of carbonyl (C=O) groups excluding carboxylic acids is 1. The van der Waals surface area contributed by atoms with Gasteiger partial charge in [-0.2, -0.15) is 0 Å². The molecule has 0 saturated carbocycles. The predicted molar refractivity (Wildman–Crippen MR) is 166 cm³/mol. The molecule has 3 aromatic carbocycles. The maximum absolute atomic E-state index is 13.8. The summed E-state index contributed by atoms with van der Waals surface area (Å²) in [6.45, 7) is 9.87. The summed E-state index contributed by atoms with van der Waals surface area (Å²) >= 11 is 13.3. The second kappa shape index (κ2) is 11.2. The molecule has 43 heavy (non-hydrogen) atoms. The number of ether oxygens (including phenoxy) is 1. The Morgan fingerprint density at radius 1 is 1.09 bits per heavy atom. The van der Waals surface area contributed by atoms with Gasteiger partial charge >= 0.3 is 5.97 Å². The van der Waals surface area contributed by atoms with Crippen LogP contribution in [0.1, 0.15) is 75.5 Å². The zero-order valence-electron chi connectivity index (χ0n) is 24.7. The quantitative estimate of drug-likeness (QED) is 0.267. The van der Waals surface area contributed by atoms with E-state index < -0.39 is 17.3 Å². The first-order chi connectivity index (χ1) is 20.5. The lowest BCUT2D eigenvalue weighted by Crippen LogP contribution is -2.37. The van der Waals surface area contributed by atoms with Crippen LogP contribution in [0.3, 0.4) is 0 Å². The molecular weight excluding hydrogens is 587 g/mol. The van der Waals surface area contributed by atoms with Crippen molar-refractivity contribution in [3.63, 3.8) is 0 Å². The summed E-state index contributed by atoms with van der Waals surface area (Å²) in [4.78, 5) is 28.3. The van der Waals surface area contributed by atoms with Crippen molar-refractivity contribution in [1.29, 1.82) is 0 Å². The highest BCUT2D eigenvalue weighted by Crippen LogP contribution is 2.45. The van der Waals surface area contributed by atoms with Crippen LogP contribution in [0.4, 0.5) is 0 Å². The lowest BCUT2D eigenvalue weighted by atomic mass is 9.69. The maximum Gasteiger partial charge on any atom is 0.310 e. The van der Waals surface area contributed by atoms with Gasteiger partial charge in [-0.05, 0) is 97.7 Å². The molecule has 1 aromatic heterocycles. The van der Waals surface area contributed by atoms with E-state index in [1.54, 1.807) is 30.9 Å². The average molecular weight is 622 g/mol. The van der Waals surface area contributed by atoms with Gasteiger partial charge in [-0.25, -0.2) is 4.68 Å². The highest BCUT2D eigenvalue weighted by molar-refractivity contribution is 6.39. The third-order valence-electron chi connectivity index (χ3n) is 9.01. The van der Waals surface area contributed by atoms with Crippen molar-refractivity contribution in [2.24, 2.45) is 5.41 Å². The number of rotatable bonds is 2. The normalized spacial score (nSPS) is 17.7. The first-order valence-corrected chi connectivity index (χ1v) is 15.3. The number of hydrogen-bond donors (Lipinski definition) is 1. The van der Waals surface area contributed by atoms with Gasteiger partial charge in [0, 0.05) is 32.2 Å². The topological polar surface area (TPSA) is 97.5 Å². The molecule has 9 rings (SSSR count). The van der Waals surface area contributed by atoms with E-state index >= 15 is 0 Å². The molecule has 1 N–H and O–H groups in total. The Morgan fingerprint density at radius 3 is 2.56 bits per heavy atom. The highest BCUT2D eigenvalue weighted by Gasteiger charge is 2.41.